The molecule has 1 N–H and O–H groups in total. The van der Waals surface area contributed by atoms with E-state index in [1.165, 1.54) is 0 Å². The van der Waals surface area contributed by atoms with Gasteiger partial charge in [0, 0.05) is 10.0 Å². The first-order chi connectivity index (χ1) is 6.25. The highest BCUT2D eigenvalue weighted by Gasteiger charge is 2.01. The van der Waals surface area contributed by atoms with Gasteiger partial charge < -0.3 is 4.98 Å². The molecular weight excluding hydrogens is 296 g/mol. The van der Waals surface area contributed by atoms with Crippen LogP contribution in [0.15, 0.2) is 39.5 Å². The van der Waals surface area contributed by atoms with Crippen LogP contribution in [-0.2, 0) is 0 Å². The molecule has 0 aliphatic heterocycles. The topological polar surface area (TPSA) is 28.7 Å². The summed E-state index contributed by atoms with van der Waals surface area (Å²) in [6.45, 7) is 0. The lowest BCUT2D eigenvalue weighted by Crippen LogP contribution is -1.79. The summed E-state index contributed by atoms with van der Waals surface area (Å²) in [6.07, 6.45) is 1.75. The zero-order chi connectivity index (χ0) is 9.26. The monoisotopic (exact) mass is 300 g/mol. The molecule has 66 valence electrons. The highest BCUT2D eigenvalue weighted by molar-refractivity contribution is 9.10. The molecule has 0 atom stereocenters. The Labute approximate surface area is 92.7 Å². The van der Waals surface area contributed by atoms with Crippen molar-refractivity contribution in [1.29, 1.82) is 0 Å². The van der Waals surface area contributed by atoms with Gasteiger partial charge in [-0.15, -0.1) is 0 Å². The number of H-pyrrole nitrogens is 1. The third kappa shape index (κ3) is 2.00. The van der Waals surface area contributed by atoms with Crippen LogP contribution in [0, 0.1) is 0 Å². The first kappa shape index (κ1) is 8.97. The Bertz CT molecular complexity index is 423. The van der Waals surface area contributed by atoms with E-state index in [4.69, 9.17) is 0 Å². The second-order valence-electron chi connectivity index (χ2n) is 2.59. The fourth-order valence-corrected chi connectivity index (χ4v) is 1.77. The number of halogens is 2. The molecule has 0 bridgehead atoms. The lowest BCUT2D eigenvalue weighted by molar-refractivity contribution is 1.30. The lowest BCUT2D eigenvalue weighted by Gasteiger charge is -1.96. The summed E-state index contributed by atoms with van der Waals surface area (Å²) in [7, 11) is 0. The average molecular weight is 302 g/mol. The molecule has 0 fully saturated rings. The summed E-state index contributed by atoms with van der Waals surface area (Å²) in [5.74, 6) is 0.869. The molecule has 0 spiro atoms. The molecule has 1 aromatic carbocycles. The Morgan fingerprint density at radius 3 is 2.69 bits per heavy atom. The summed E-state index contributed by atoms with van der Waals surface area (Å²) in [6, 6.07) is 8.00. The molecule has 1 aromatic heterocycles. The first-order valence-electron chi connectivity index (χ1n) is 3.72. The normalized spacial score (nSPS) is 10.3. The number of hydrogen-bond donors (Lipinski definition) is 1. The molecule has 2 nitrogen and oxygen atoms in total. The van der Waals surface area contributed by atoms with E-state index in [1.807, 2.05) is 24.3 Å². The predicted molar refractivity (Wildman–Crippen MR) is 59.4 cm³/mol. The van der Waals surface area contributed by atoms with Crippen molar-refractivity contribution in [3.05, 3.63) is 39.5 Å². The van der Waals surface area contributed by atoms with E-state index in [9.17, 15) is 0 Å². The van der Waals surface area contributed by atoms with Gasteiger partial charge in [0.15, 0.2) is 0 Å². The van der Waals surface area contributed by atoms with Crippen molar-refractivity contribution in [2.75, 3.05) is 0 Å². The van der Waals surface area contributed by atoms with Crippen molar-refractivity contribution in [1.82, 2.24) is 9.97 Å². The number of nitrogens with one attached hydrogen (secondary N) is 1. The molecule has 13 heavy (non-hydrogen) atoms. The van der Waals surface area contributed by atoms with E-state index in [0.717, 1.165) is 20.5 Å². The third-order valence-corrected chi connectivity index (χ3v) is 2.54. The van der Waals surface area contributed by atoms with E-state index in [-0.39, 0.29) is 0 Å². The van der Waals surface area contributed by atoms with Gasteiger partial charge in [-0.25, -0.2) is 4.98 Å². The second kappa shape index (κ2) is 3.64. The zero-order valence-electron chi connectivity index (χ0n) is 6.59. The van der Waals surface area contributed by atoms with Gasteiger partial charge in [-0.05, 0) is 28.1 Å². The number of rotatable bonds is 1. The van der Waals surface area contributed by atoms with Crippen LogP contribution in [0.25, 0.3) is 11.4 Å². The van der Waals surface area contributed by atoms with Gasteiger partial charge in [0.2, 0.25) is 0 Å². The van der Waals surface area contributed by atoms with E-state index in [0.29, 0.717) is 0 Å². The van der Waals surface area contributed by atoms with E-state index < -0.39 is 0 Å². The van der Waals surface area contributed by atoms with Crippen LogP contribution in [-0.4, -0.2) is 9.97 Å². The Morgan fingerprint density at radius 1 is 1.23 bits per heavy atom. The molecule has 0 saturated carbocycles. The fourth-order valence-electron chi connectivity index (χ4n) is 1.08. The lowest BCUT2D eigenvalue weighted by atomic mass is 10.2. The van der Waals surface area contributed by atoms with Crippen LogP contribution < -0.4 is 0 Å². The number of hydrogen-bond acceptors (Lipinski definition) is 1. The number of nitrogens with zero attached hydrogens (tertiary/aromatic N) is 1. The Kier molecular flexibility index (Phi) is 2.51. The summed E-state index contributed by atoms with van der Waals surface area (Å²) in [5.41, 5.74) is 1.07. The minimum Gasteiger partial charge on any atom is -0.333 e. The van der Waals surface area contributed by atoms with Gasteiger partial charge in [0.25, 0.3) is 0 Å². The molecular formula is C9H6Br2N2. The van der Waals surface area contributed by atoms with Crippen LogP contribution in [0.5, 0.6) is 0 Å². The Morgan fingerprint density at radius 2 is 2.08 bits per heavy atom. The first-order valence-corrected chi connectivity index (χ1v) is 5.31. The van der Waals surface area contributed by atoms with E-state index in [1.54, 1.807) is 6.20 Å². The van der Waals surface area contributed by atoms with Gasteiger partial charge in [-0.3, -0.25) is 0 Å². The molecule has 0 aliphatic rings. The third-order valence-electron chi connectivity index (χ3n) is 1.64. The van der Waals surface area contributed by atoms with Gasteiger partial charge in [-0.1, -0.05) is 28.1 Å². The number of benzene rings is 1. The highest BCUT2D eigenvalue weighted by Crippen LogP contribution is 2.21. The summed E-state index contributed by atoms with van der Waals surface area (Å²) >= 11 is 6.73. The maximum atomic E-state index is 4.20. The maximum absolute atomic E-state index is 4.20. The largest absolute Gasteiger partial charge is 0.333 e. The molecule has 1 heterocycles. The molecule has 0 saturated heterocycles. The van der Waals surface area contributed by atoms with Gasteiger partial charge >= 0.3 is 0 Å². The number of aromatic amines is 1. The van der Waals surface area contributed by atoms with Crippen LogP contribution >= 0.6 is 31.9 Å². The molecule has 2 aromatic rings. The number of imidazole rings is 1. The average Bonchev–Trinajstić information content (AvgIpc) is 2.52. The second-order valence-corrected chi connectivity index (χ2v) is 4.36. The summed E-state index contributed by atoms with van der Waals surface area (Å²) < 4.78 is 1.94. The minimum absolute atomic E-state index is 0.869. The van der Waals surface area contributed by atoms with Crippen LogP contribution in [0.3, 0.4) is 0 Å². The summed E-state index contributed by atoms with van der Waals surface area (Å²) in [5, 5.41) is 0. The zero-order valence-corrected chi connectivity index (χ0v) is 9.76. The molecule has 0 unspecified atom stereocenters. The smallest absolute Gasteiger partial charge is 0.138 e. The standard InChI is InChI=1S/C9H6Br2N2/c10-7-3-1-2-6(4-7)9-12-5-8(11)13-9/h1-5H,(H,12,13). The van der Waals surface area contributed by atoms with Crippen molar-refractivity contribution in [3.8, 4) is 11.4 Å². The number of aromatic nitrogens is 2. The molecule has 0 aliphatic carbocycles. The predicted octanol–water partition coefficient (Wildman–Crippen LogP) is 3.60. The minimum atomic E-state index is 0.869. The van der Waals surface area contributed by atoms with E-state index >= 15 is 0 Å². The van der Waals surface area contributed by atoms with Crippen molar-refractivity contribution < 1.29 is 0 Å². The summed E-state index contributed by atoms with van der Waals surface area (Å²) in [4.78, 5) is 7.31. The van der Waals surface area contributed by atoms with E-state index in [2.05, 4.69) is 41.8 Å². The Hall–Kier alpha value is -0.610. The van der Waals surface area contributed by atoms with Crippen LogP contribution in [0.4, 0.5) is 0 Å². The van der Waals surface area contributed by atoms with Crippen molar-refractivity contribution in [2.24, 2.45) is 0 Å². The maximum Gasteiger partial charge on any atom is 0.138 e. The van der Waals surface area contributed by atoms with Crippen molar-refractivity contribution >= 4 is 31.9 Å². The molecule has 0 amide bonds. The fraction of sp³-hybridized carbons (Fsp3) is 0. The quantitative estimate of drug-likeness (QED) is 0.856. The molecule has 4 heteroatoms. The van der Waals surface area contributed by atoms with Crippen molar-refractivity contribution in [2.45, 2.75) is 0 Å². The molecule has 2 rings (SSSR count). The van der Waals surface area contributed by atoms with Crippen LogP contribution in [0.1, 0.15) is 0 Å². The SMILES string of the molecule is Brc1cccc(-c2ncc(Br)[nH]2)c1. The van der Waals surface area contributed by atoms with Gasteiger partial charge in [0.1, 0.15) is 10.4 Å². The van der Waals surface area contributed by atoms with Crippen molar-refractivity contribution in [3.63, 3.8) is 0 Å². The Balaban J connectivity index is 2.46. The van der Waals surface area contributed by atoms with Crippen LogP contribution in [0.2, 0.25) is 0 Å². The molecule has 0 radical (unpaired) electrons. The van der Waals surface area contributed by atoms with Gasteiger partial charge in [0.05, 0.1) is 6.20 Å². The highest BCUT2D eigenvalue weighted by atomic mass is 79.9. The van der Waals surface area contributed by atoms with Gasteiger partial charge in [-0.2, -0.15) is 0 Å².